The molecule has 0 bridgehead atoms. The molecule has 1 amide bonds. The van der Waals surface area contributed by atoms with Crippen molar-refractivity contribution in [3.8, 4) is 22.8 Å². The largest absolute Gasteiger partial charge is 0.497 e. The zero-order chi connectivity index (χ0) is 20.6. The Morgan fingerprint density at radius 1 is 1.00 bits per heavy atom. The van der Waals surface area contributed by atoms with E-state index in [-0.39, 0.29) is 12.5 Å². The summed E-state index contributed by atoms with van der Waals surface area (Å²) in [7, 11) is 4.68. The predicted molar refractivity (Wildman–Crippen MR) is 108 cm³/mol. The van der Waals surface area contributed by atoms with Crippen molar-refractivity contribution in [1.82, 2.24) is 10.1 Å². The summed E-state index contributed by atoms with van der Waals surface area (Å²) in [4.78, 5) is 14.2. The number of rotatable bonds is 9. The van der Waals surface area contributed by atoms with E-state index in [0.29, 0.717) is 36.0 Å². The molecule has 0 spiro atoms. The van der Waals surface area contributed by atoms with Crippen LogP contribution in [0.25, 0.3) is 11.3 Å². The molecule has 0 N–H and O–H groups in total. The SMILES string of the molecule is COCC(=O)N(Cc1ccccc1)Cc1cc(-c2ccc(OC)cc2OC)on1. The Labute approximate surface area is 169 Å². The first kappa shape index (κ1) is 20.4. The van der Waals surface area contributed by atoms with Crippen LogP contribution >= 0.6 is 0 Å². The first-order valence-electron chi connectivity index (χ1n) is 9.13. The van der Waals surface area contributed by atoms with E-state index in [1.807, 2.05) is 48.5 Å². The topological polar surface area (TPSA) is 74.0 Å². The van der Waals surface area contributed by atoms with E-state index in [0.717, 1.165) is 11.1 Å². The molecule has 3 aromatic rings. The van der Waals surface area contributed by atoms with Crippen molar-refractivity contribution in [3.05, 3.63) is 65.9 Å². The summed E-state index contributed by atoms with van der Waals surface area (Å²) in [6, 6.07) is 17.0. The number of carbonyl (C=O) groups is 1. The summed E-state index contributed by atoms with van der Waals surface area (Å²) in [5.74, 6) is 1.73. The molecule has 0 aliphatic carbocycles. The molecule has 0 saturated heterocycles. The average molecular weight is 396 g/mol. The van der Waals surface area contributed by atoms with Gasteiger partial charge in [0.05, 0.1) is 26.3 Å². The smallest absolute Gasteiger partial charge is 0.249 e. The van der Waals surface area contributed by atoms with Crippen molar-refractivity contribution in [1.29, 1.82) is 0 Å². The van der Waals surface area contributed by atoms with Crippen LogP contribution in [0.2, 0.25) is 0 Å². The van der Waals surface area contributed by atoms with Gasteiger partial charge in [0.2, 0.25) is 5.91 Å². The molecule has 29 heavy (non-hydrogen) atoms. The maximum Gasteiger partial charge on any atom is 0.249 e. The van der Waals surface area contributed by atoms with E-state index < -0.39 is 0 Å². The van der Waals surface area contributed by atoms with Crippen LogP contribution in [0.4, 0.5) is 0 Å². The first-order valence-corrected chi connectivity index (χ1v) is 9.13. The summed E-state index contributed by atoms with van der Waals surface area (Å²) in [6.45, 7) is 0.764. The third-order valence-corrected chi connectivity index (χ3v) is 4.42. The van der Waals surface area contributed by atoms with Gasteiger partial charge in [-0.25, -0.2) is 0 Å². The van der Waals surface area contributed by atoms with Gasteiger partial charge >= 0.3 is 0 Å². The fraction of sp³-hybridized carbons (Fsp3) is 0.273. The average Bonchev–Trinajstić information content (AvgIpc) is 3.22. The standard InChI is InChI=1S/C22H24N2O5/c1-26-15-22(25)24(13-16-7-5-4-6-8-16)14-17-11-21(29-23-17)19-10-9-18(27-2)12-20(19)28-3/h4-12H,13-15H2,1-3H3. The summed E-state index contributed by atoms with van der Waals surface area (Å²) >= 11 is 0. The summed E-state index contributed by atoms with van der Waals surface area (Å²) in [6.07, 6.45) is 0. The number of hydrogen-bond donors (Lipinski definition) is 0. The Balaban J connectivity index is 1.81. The van der Waals surface area contributed by atoms with Crippen LogP contribution in [-0.2, 0) is 22.6 Å². The van der Waals surface area contributed by atoms with Gasteiger partial charge < -0.3 is 23.6 Å². The molecule has 7 nitrogen and oxygen atoms in total. The number of carbonyl (C=O) groups excluding carboxylic acids is 1. The summed E-state index contributed by atoms with van der Waals surface area (Å²) in [5.41, 5.74) is 2.42. The van der Waals surface area contributed by atoms with Gasteiger partial charge in [0.15, 0.2) is 5.76 Å². The number of ether oxygens (including phenoxy) is 3. The quantitative estimate of drug-likeness (QED) is 0.551. The highest BCUT2D eigenvalue weighted by molar-refractivity contribution is 5.77. The molecule has 1 heterocycles. The molecule has 2 aromatic carbocycles. The van der Waals surface area contributed by atoms with E-state index >= 15 is 0 Å². The molecule has 0 fully saturated rings. The summed E-state index contributed by atoms with van der Waals surface area (Å²) in [5, 5.41) is 4.14. The first-order chi connectivity index (χ1) is 14.1. The highest BCUT2D eigenvalue weighted by Gasteiger charge is 2.18. The van der Waals surface area contributed by atoms with Crippen molar-refractivity contribution in [3.63, 3.8) is 0 Å². The van der Waals surface area contributed by atoms with Gasteiger partial charge in [-0.15, -0.1) is 0 Å². The van der Waals surface area contributed by atoms with Crippen LogP contribution in [0.15, 0.2) is 59.1 Å². The monoisotopic (exact) mass is 396 g/mol. The van der Waals surface area contributed by atoms with E-state index in [9.17, 15) is 4.79 Å². The maximum absolute atomic E-state index is 12.5. The molecule has 0 saturated carbocycles. The minimum Gasteiger partial charge on any atom is -0.497 e. The molecule has 0 aliphatic rings. The van der Waals surface area contributed by atoms with Gasteiger partial charge in [0, 0.05) is 25.8 Å². The molecule has 0 atom stereocenters. The fourth-order valence-electron chi connectivity index (χ4n) is 2.96. The second-order valence-corrected chi connectivity index (χ2v) is 6.42. The number of amides is 1. The van der Waals surface area contributed by atoms with Crippen LogP contribution in [0.3, 0.4) is 0 Å². The normalized spacial score (nSPS) is 10.6. The number of aromatic nitrogens is 1. The Hall–Kier alpha value is -3.32. The number of methoxy groups -OCH3 is 3. The Kier molecular flexibility index (Phi) is 6.86. The van der Waals surface area contributed by atoms with Gasteiger partial charge in [-0.2, -0.15) is 0 Å². The Morgan fingerprint density at radius 2 is 1.79 bits per heavy atom. The fourth-order valence-corrected chi connectivity index (χ4v) is 2.96. The van der Waals surface area contributed by atoms with Crippen LogP contribution in [-0.4, -0.2) is 43.9 Å². The zero-order valence-corrected chi connectivity index (χ0v) is 16.8. The lowest BCUT2D eigenvalue weighted by molar-refractivity contribution is -0.136. The van der Waals surface area contributed by atoms with Gasteiger partial charge in [-0.1, -0.05) is 35.5 Å². The van der Waals surface area contributed by atoms with Crippen molar-refractivity contribution in [2.45, 2.75) is 13.1 Å². The second-order valence-electron chi connectivity index (χ2n) is 6.42. The van der Waals surface area contributed by atoms with E-state index in [4.69, 9.17) is 18.7 Å². The second kappa shape index (κ2) is 9.75. The molecule has 1 aromatic heterocycles. The van der Waals surface area contributed by atoms with Crippen molar-refractivity contribution >= 4 is 5.91 Å². The number of hydrogen-bond acceptors (Lipinski definition) is 6. The van der Waals surface area contributed by atoms with Crippen molar-refractivity contribution < 1.29 is 23.5 Å². The van der Waals surface area contributed by atoms with Gasteiger partial charge in [-0.3, -0.25) is 4.79 Å². The van der Waals surface area contributed by atoms with Crippen molar-refractivity contribution in [2.24, 2.45) is 0 Å². The minimum atomic E-state index is -0.122. The number of benzene rings is 2. The third-order valence-electron chi connectivity index (χ3n) is 4.42. The lowest BCUT2D eigenvalue weighted by atomic mass is 10.1. The molecular weight excluding hydrogens is 372 g/mol. The molecule has 0 unspecified atom stereocenters. The van der Waals surface area contributed by atoms with Crippen LogP contribution in [0.1, 0.15) is 11.3 Å². The lowest BCUT2D eigenvalue weighted by Crippen LogP contribution is -2.33. The third kappa shape index (κ3) is 5.14. The molecule has 152 valence electrons. The Morgan fingerprint density at radius 3 is 2.48 bits per heavy atom. The highest BCUT2D eigenvalue weighted by Crippen LogP contribution is 2.33. The van der Waals surface area contributed by atoms with Gasteiger partial charge in [0.1, 0.15) is 23.8 Å². The summed E-state index contributed by atoms with van der Waals surface area (Å²) < 4.78 is 21.2. The predicted octanol–water partition coefficient (Wildman–Crippen LogP) is 3.53. The molecule has 7 heteroatoms. The maximum atomic E-state index is 12.5. The van der Waals surface area contributed by atoms with E-state index in [1.165, 1.54) is 7.11 Å². The van der Waals surface area contributed by atoms with Gasteiger partial charge in [0.25, 0.3) is 0 Å². The van der Waals surface area contributed by atoms with Crippen LogP contribution in [0, 0.1) is 0 Å². The molecular formula is C22H24N2O5. The minimum absolute atomic E-state index is 0.00381. The van der Waals surface area contributed by atoms with Crippen LogP contribution in [0.5, 0.6) is 11.5 Å². The molecule has 0 radical (unpaired) electrons. The lowest BCUT2D eigenvalue weighted by Gasteiger charge is -2.21. The number of nitrogens with zero attached hydrogens (tertiary/aromatic N) is 2. The Bertz CT molecular complexity index is 939. The molecule has 0 aliphatic heterocycles. The van der Waals surface area contributed by atoms with Crippen LogP contribution < -0.4 is 9.47 Å². The zero-order valence-electron chi connectivity index (χ0n) is 16.8. The molecule has 3 rings (SSSR count). The highest BCUT2D eigenvalue weighted by atomic mass is 16.5. The van der Waals surface area contributed by atoms with Crippen molar-refractivity contribution in [2.75, 3.05) is 27.9 Å². The van der Waals surface area contributed by atoms with E-state index in [2.05, 4.69) is 5.16 Å². The van der Waals surface area contributed by atoms with E-state index in [1.54, 1.807) is 25.2 Å². The van der Waals surface area contributed by atoms with Gasteiger partial charge in [-0.05, 0) is 17.7 Å².